The van der Waals surface area contributed by atoms with Crippen LogP contribution < -0.4 is 10.1 Å². The summed E-state index contributed by atoms with van der Waals surface area (Å²) in [6.07, 6.45) is 1.75. The van der Waals surface area contributed by atoms with Crippen molar-refractivity contribution in [2.24, 2.45) is 0 Å². The summed E-state index contributed by atoms with van der Waals surface area (Å²) in [5.74, 6) is 0.549. The van der Waals surface area contributed by atoms with E-state index >= 15 is 0 Å². The van der Waals surface area contributed by atoms with Gasteiger partial charge in [0.25, 0.3) is 11.1 Å². The molecule has 0 spiro atoms. The molecule has 1 saturated heterocycles. The lowest BCUT2D eigenvalue weighted by Crippen LogP contribution is -2.35. The summed E-state index contributed by atoms with van der Waals surface area (Å²) in [6, 6.07) is 17.5. The van der Waals surface area contributed by atoms with Crippen LogP contribution in [-0.2, 0) is 11.3 Å². The van der Waals surface area contributed by atoms with E-state index in [1.807, 2.05) is 61.5 Å². The van der Waals surface area contributed by atoms with Crippen molar-refractivity contribution in [3.05, 3.63) is 70.6 Å². The smallest absolute Gasteiger partial charge is 0.293 e. The van der Waals surface area contributed by atoms with E-state index in [1.165, 1.54) is 10.5 Å². The molecule has 27 heavy (non-hydrogen) atoms. The van der Waals surface area contributed by atoms with Gasteiger partial charge in [-0.05, 0) is 48.0 Å². The summed E-state index contributed by atoms with van der Waals surface area (Å²) in [5.41, 5.74) is 2.04. The number of hydrogen-bond acceptors (Lipinski definition) is 5. The van der Waals surface area contributed by atoms with Crippen LogP contribution in [0.25, 0.3) is 6.08 Å². The Kier molecular flexibility index (Phi) is 6.68. The maximum Gasteiger partial charge on any atom is 0.293 e. The van der Waals surface area contributed by atoms with Gasteiger partial charge in [0.15, 0.2) is 0 Å². The Hall–Kier alpha value is -2.57. The van der Waals surface area contributed by atoms with Crippen molar-refractivity contribution in [1.29, 1.82) is 0 Å². The first-order valence-corrected chi connectivity index (χ1v) is 9.72. The summed E-state index contributed by atoms with van der Waals surface area (Å²) in [4.78, 5) is 26.4. The second-order valence-electron chi connectivity index (χ2n) is 6.00. The minimum absolute atomic E-state index is 0.223. The second kappa shape index (κ2) is 9.39. The third-order valence-corrected chi connectivity index (χ3v) is 4.95. The molecule has 2 aromatic carbocycles. The van der Waals surface area contributed by atoms with Crippen LogP contribution in [0.2, 0.25) is 0 Å². The number of carbonyl (C=O) groups is 2. The van der Waals surface area contributed by atoms with E-state index in [4.69, 9.17) is 4.74 Å². The molecular formula is C21H22N2O3S. The molecule has 0 aromatic heterocycles. The number of rotatable bonds is 8. The maximum atomic E-state index is 12.5. The van der Waals surface area contributed by atoms with Gasteiger partial charge in [-0.25, -0.2) is 0 Å². The molecule has 1 N–H and O–H groups in total. The molecule has 0 bridgehead atoms. The third kappa shape index (κ3) is 5.21. The second-order valence-corrected chi connectivity index (χ2v) is 6.99. The Bertz CT molecular complexity index is 819. The minimum Gasteiger partial charge on any atom is -0.494 e. The van der Waals surface area contributed by atoms with E-state index in [9.17, 15) is 9.59 Å². The molecule has 6 heteroatoms. The van der Waals surface area contributed by atoms with Crippen LogP contribution in [0.15, 0.2) is 59.5 Å². The quantitative estimate of drug-likeness (QED) is 0.554. The van der Waals surface area contributed by atoms with Crippen LogP contribution in [0, 0.1) is 0 Å². The van der Waals surface area contributed by atoms with Gasteiger partial charge >= 0.3 is 0 Å². The summed E-state index contributed by atoms with van der Waals surface area (Å²) in [6.45, 7) is 4.16. The molecule has 3 rings (SSSR count). The highest BCUT2D eigenvalue weighted by Crippen LogP contribution is 2.32. The number of amides is 2. The van der Waals surface area contributed by atoms with Gasteiger partial charge in [0.05, 0.1) is 11.5 Å². The average Bonchev–Trinajstić information content (AvgIpc) is 2.95. The van der Waals surface area contributed by atoms with E-state index < -0.39 is 0 Å². The van der Waals surface area contributed by atoms with Gasteiger partial charge in [-0.2, -0.15) is 0 Å². The van der Waals surface area contributed by atoms with Gasteiger partial charge in [-0.15, -0.1) is 0 Å². The van der Waals surface area contributed by atoms with E-state index in [0.717, 1.165) is 23.1 Å². The van der Waals surface area contributed by atoms with Crippen LogP contribution in [0.3, 0.4) is 0 Å². The monoisotopic (exact) mass is 382 g/mol. The number of nitrogens with one attached hydrogen (secondary N) is 1. The third-order valence-electron chi connectivity index (χ3n) is 4.05. The highest BCUT2D eigenvalue weighted by molar-refractivity contribution is 8.18. The summed E-state index contributed by atoms with van der Waals surface area (Å²) in [5, 5.41) is 3.04. The fraction of sp³-hybridized carbons (Fsp3) is 0.238. The molecule has 0 atom stereocenters. The zero-order chi connectivity index (χ0) is 19.1. The lowest BCUT2D eigenvalue weighted by atomic mass is 10.2. The first-order chi connectivity index (χ1) is 13.2. The molecule has 0 unspecified atom stereocenters. The van der Waals surface area contributed by atoms with Crippen molar-refractivity contribution in [3.63, 3.8) is 0 Å². The number of imide groups is 1. The van der Waals surface area contributed by atoms with Crippen molar-refractivity contribution in [2.45, 2.75) is 13.5 Å². The number of thioether (sulfide) groups is 1. The van der Waals surface area contributed by atoms with Crippen molar-refractivity contribution in [1.82, 2.24) is 10.2 Å². The number of hydrogen-bond donors (Lipinski definition) is 1. The van der Waals surface area contributed by atoms with Crippen LogP contribution in [0.4, 0.5) is 4.79 Å². The van der Waals surface area contributed by atoms with Gasteiger partial charge in [0.2, 0.25) is 0 Å². The van der Waals surface area contributed by atoms with Crippen molar-refractivity contribution >= 4 is 29.0 Å². The largest absolute Gasteiger partial charge is 0.494 e. The topological polar surface area (TPSA) is 58.6 Å². The van der Waals surface area contributed by atoms with Gasteiger partial charge in [0, 0.05) is 19.6 Å². The molecule has 0 saturated carbocycles. The Morgan fingerprint density at radius 3 is 2.52 bits per heavy atom. The highest BCUT2D eigenvalue weighted by Gasteiger charge is 2.34. The minimum atomic E-state index is -0.236. The molecule has 2 amide bonds. The SMILES string of the molecule is CCOc1ccc(/C=C2\SC(=O)N(CCNCc3ccccc3)C2=O)cc1. The van der Waals surface area contributed by atoms with E-state index in [2.05, 4.69) is 5.32 Å². The van der Waals surface area contributed by atoms with Crippen molar-refractivity contribution < 1.29 is 14.3 Å². The first-order valence-electron chi connectivity index (χ1n) is 8.90. The fourth-order valence-electron chi connectivity index (χ4n) is 2.69. The van der Waals surface area contributed by atoms with Crippen LogP contribution >= 0.6 is 11.8 Å². The van der Waals surface area contributed by atoms with Gasteiger partial charge in [-0.3, -0.25) is 14.5 Å². The molecule has 0 radical (unpaired) electrons. The molecule has 0 aliphatic carbocycles. The highest BCUT2D eigenvalue weighted by atomic mass is 32.2. The molecule has 1 fully saturated rings. The Balaban J connectivity index is 1.54. The van der Waals surface area contributed by atoms with E-state index in [0.29, 0.717) is 31.1 Å². The number of benzene rings is 2. The number of nitrogens with zero attached hydrogens (tertiary/aromatic N) is 1. The van der Waals surface area contributed by atoms with E-state index in [1.54, 1.807) is 6.08 Å². The predicted octanol–water partition coefficient (Wildman–Crippen LogP) is 3.91. The van der Waals surface area contributed by atoms with Gasteiger partial charge < -0.3 is 10.1 Å². The van der Waals surface area contributed by atoms with Crippen LogP contribution in [-0.4, -0.2) is 35.7 Å². The summed E-state index contributed by atoms with van der Waals surface area (Å²) < 4.78 is 5.41. The molecule has 2 aromatic rings. The van der Waals surface area contributed by atoms with Gasteiger partial charge in [0.1, 0.15) is 5.75 Å². The maximum absolute atomic E-state index is 12.5. The molecule has 1 aliphatic heterocycles. The Labute approximate surface area is 163 Å². The van der Waals surface area contributed by atoms with Crippen LogP contribution in [0.1, 0.15) is 18.1 Å². The molecule has 1 aliphatic rings. The predicted molar refractivity (Wildman–Crippen MR) is 108 cm³/mol. The normalized spacial score (nSPS) is 15.6. The number of carbonyl (C=O) groups excluding carboxylic acids is 2. The summed E-state index contributed by atoms with van der Waals surface area (Å²) >= 11 is 0.985. The van der Waals surface area contributed by atoms with Gasteiger partial charge in [-0.1, -0.05) is 42.5 Å². The fourth-order valence-corrected chi connectivity index (χ4v) is 3.56. The molecule has 1 heterocycles. The lowest BCUT2D eigenvalue weighted by molar-refractivity contribution is -0.122. The standard InChI is InChI=1S/C21H22N2O3S/c1-2-26-18-10-8-16(9-11-18)14-19-20(24)23(21(25)27-19)13-12-22-15-17-6-4-3-5-7-17/h3-11,14,22H,2,12-13,15H2,1H3/b19-14-. The van der Waals surface area contributed by atoms with Crippen LogP contribution in [0.5, 0.6) is 5.75 Å². The zero-order valence-electron chi connectivity index (χ0n) is 15.2. The first kappa shape index (κ1) is 19.2. The Morgan fingerprint density at radius 2 is 1.81 bits per heavy atom. The summed E-state index contributed by atoms with van der Waals surface area (Å²) in [7, 11) is 0. The Morgan fingerprint density at radius 1 is 1.07 bits per heavy atom. The molecule has 140 valence electrons. The zero-order valence-corrected chi connectivity index (χ0v) is 16.0. The molecule has 5 nitrogen and oxygen atoms in total. The van der Waals surface area contributed by atoms with E-state index in [-0.39, 0.29) is 11.1 Å². The van der Waals surface area contributed by atoms with Crippen molar-refractivity contribution in [3.8, 4) is 5.75 Å². The average molecular weight is 382 g/mol. The lowest BCUT2D eigenvalue weighted by Gasteiger charge is -2.13. The van der Waals surface area contributed by atoms with Crippen molar-refractivity contribution in [2.75, 3.05) is 19.7 Å². The molecular weight excluding hydrogens is 360 g/mol. The number of ether oxygens (including phenoxy) is 1.